The number of para-hydroxylation sites is 1. The third-order valence-corrected chi connectivity index (χ3v) is 6.14. The molecule has 7 nitrogen and oxygen atoms in total. The van der Waals surface area contributed by atoms with Crippen LogP contribution < -0.4 is 20.1 Å². The second kappa shape index (κ2) is 9.67. The molecule has 0 atom stereocenters. The predicted molar refractivity (Wildman–Crippen MR) is 129 cm³/mol. The van der Waals surface area contributed by atoms with Crippen molar-refractivity contribution in [2.45, 2.75) is 12.7 Å². The molecule has 0 spiro atoms. The molecule has 2 N–H and O–H groups in total. The zero-order valence-electron chi connectivity index (χ0n) is 19.5. The average molecular weight is 553 g/mol. The molecule has 0 aliphatic carbocycles. The largest absolute Gasteiger partial charge is 0.485 e. The molecule has 1 amide bonds. The van der Waals surface area contributed by atoms with E-state index in [1.165, 1.54) is 24.3 Å². The quantitative estimate of drug-likeness (QED) is 0.298. The molecule has 0 saturated carbocycles. The van der Waals surface area contributed by atoms with Crippen LogP contribution in [-0.2, 0) is 19.8 Å². The number of benzene rings is 3. The van der Waals surface area contributed by atoms with Crippen molar-refractivity contribution in [1.82, 2.24) is 14.9 Å². The Morgan fingerprint density at radius 2 is 1.84 bits per heavy atom. The Hall–Kier alpha value is -4.06. The summed E-state index contributed by atoms with van der Waals surface area (Å²) in [6, 6.07) is 7.64. The van der Waals surface area contributed by atoms with E-state index in [0.717, 1.165) is 12.1 Å². The molecule has 198 valence electrons. The number of carbonyl (C=O) groups is 1. The Labute approximate surface area is 217 Å². The Bertz CT molecular complexity index is 1550. The average Bonchev–Trinajstić information content (AvgIpc) is 3.18. The highest BCUT2D eigenvalue weighted by molar-refractivity contribution is 6.33. The van der Waals surface area contributed by atoms with Crippen molar-refractivity contribution in [1.29, 1.82) is 0 Å². The molecule has 3 aromatic carbocycles. The molecular weight excluding hydrogens is 535 g/mol. The van der Waals surface area contributed by atoms with E-state index in [0.29, 0.717) is 17.1 Å². The molecule has 0 saturated heterocycles. The van der Waals surface area contributed by atoms with Gasteiger partial charge in [-0.15, -0.1) is 0 Å². The van der Waals surface area contributed by atoms with Gasteiger partial charge in [-0.1, -0.05) is 17.7 Å². The van der Waals surface area contributed by atoms with Crippen LogP contribution in [0.1, 0.15) is 21.5 Å². The zero-order chi connectivity index (χ0) is 27.2. The molecule has 4 aromatic rings. The molecule has 1 aliphatic heterocycles. The number of carbonyl (C=O) groups excluding carboxylic acids is 1. The summed E-state index contributed by atoms with van der Waals surface area (Å²) in [5, 5.41) is 5.46. The van der Waals surface area contributed by atoms with Crippen LogP contribution in [0.25, 0.3) is 11.0 Å². The van der Waals surface area contributed by atoms with Gasteiger partial charge in [-0.25, -0.2) is 13.8 Å². The van der Waals surface area contributed by atoms with Crippen molar-refractivity contribution in [2.75, 3.05) is 18.5 Å². The minimum Gasteiger partial charge on any atom is -0.485 e. The summed E-state index contributed by atoms with van der Waals surface area (Å²) < 4.78 is 80.3. The second-order valence-electron chi connectivity index (χ2n) is 8.39. The zero-order valence-corrected chi connectivity index (χ0v) is 20.3. The first-order valence-corrected chi connectivity index (χ1v) is 11.6. The molecule has 2 heterocycles. The number of aromatic nitrogens is 2. The number of anilines is 2. The van der Waals surface area contributed by atoms with E-state index in [9.17, 15) is 26.7 Å². The number of imidazole rings is 1. The molecule has 13 heteroatoms. The summed E-state index contributed by atoms with van der Waals surface area (Å²) in [6.45, 7) is -0.0522. The van der Waals surface area contributed by atoms with Crippen LogP contribution >= 0.6 is 11.6 Å². The van der Waals surface area contributed by atoms with Crippen molar-refractivity contribution >= 4 is 40.2 Å². The van der Waals surface area contributed by atoms with Gasteiger partial charge in [0.2, 0.25) is 5.95 Å². The topological polar surface area (TPSA) is 77.4 Å². The molecule has 5 rings (SSSR count). The van der Waals surface area contributed by atoms with Crippen LogP contribution in [0.3, 0.4) is 0 Å². The van der Waals surface area contributed by atoms with Crippen molar-refractivity contribution < 1.29 is 36.2 Å². The van der Waals surface area contributed by atoms with E-state index in [4.69, 9.17) is 21.1 Å². The Morgan fingerprint density at radius 3 is 2.55 bits per heavy atom. The molecular formula is C25H18ClF5N4O3. The molecule has 0 bridgehead atoms. The van der Waals surface area contributed by atoms with Crippen molar-refractivity contribution in [3.63, 3.8) is 0 Å². The van der Waals surface area contributed by atoms with Crippen LogP contribution in [0, 0.1) is 11.6 Å². The Morgan fingerprint density at radius 1 is 1.11 bits per heavy atom. The number of alkyl halides is 3. The lowest BCUT2D eigenvalue weighted by Gasteiger charge is -2.22. The number of hydrogen-bond acceptors (Lipinski definition) is 5. The third-order valence-electron chi connectivity index (χ3n) is 5.83. The van der Waals surface area contributed by atoms with Crippen LogP contribution in [0.15, 0.2) is 42.5 Å². The van der Waals surface area contributed by atoms with E-state index in [1.807, 2.05) is 0 Å². The number of nitrogens with zero attached hydrogens (tertiary/aromatic N) is 2. The summed E-state index contributed by atoms with van der Waals surface area (Å²) >= 11 is 6.12. The first-order chi connectivity index (χ1) is 18.0. The van der Waals surface area contributed by atoms with Gasteiger partial charge >= 0.3 is 6.18 Å². The fraction of sp³-hybridized carbons (Fsp3) is 0.200. The maximum Gasteiger partial charge on any atom is 0.416 e. The highest BCUT2D eigenvalue weighted by Crippen LogP contribution is 2.42. The van der Waals surface area contributed by atoms with Gasteiger partial charge in [0.1, 0.15) is 30.4 Å². The second-order valence-corrected chi connectivity index (χ2v) is 8.80. The fourth-order valence-corrected chi connectivity index (χ4v) is 4.30. The first kappa shape index (κ1) is 25.6. The molecule has 1 aromatic heterocycles. The number of nitrogens with one attached hydrogen (secondary N) is 2. The van der Waals surface area contributed by atoms with E-state index >= 15 is 0 Å². The van der Waals surface area contributed by atoms with E-state index in [2.05, 4.69) is 15.6 Å². The van der Waals surface area contributed by atoms with Gasteiger partial charge in [-0.05, 0) is 42.0 Å². The summed E-state index contributed by atoms with van der Waals surface area (Å²) in [7, 11) is 1.65. The maximum atomic E-state index is 14.3. The predicted octanol–water partition coefficient (Wildman–Crippen LogP) is 5.97. The van der Waals surface area contributed by atoms with Crippen LogP contribution in [0.4, 0.5) is 33.6 Å². The number of halogens is 6. The highest BCUT2D eigenvalue weighted by atomic mass is 35.5. The van der Waals surface area contributed by atoms with Crippen LogP contribution in [0.2, 0.25) is 5.02 Å². The van der Waals surface area contributed by atoms with Crippen molar-refractivity contribution in [3.8, 4) is 11.5 Å². The van der Waals surface area contributed by atoms with E-state index < -0.39 is 29.3 Å². The summed E-state index contributed by atoms with van der Waals surface area (Å²) in [4.78, 5) is 17.5. The summed E-state index contributed by atoms with van der Waals surface area (Å²) in [5.74, 6) is -1.87. The van der Waals surface area contributed by atoms with Gasteiger partial charge in [-0.2, -0.15) is 13.2 Å². The van der Waals surface area contributed by atoms with Crippen LogP contribution in [-0.4, -0.2) is 28.7 Å². The van der Waals surface area contributed by atoms with Gasteiger partial charge in [0, 0.05) is 13.6 Å². The Balaban J connectivity index is 1.49. The number of rotatable bonds is 5. The monoisotopic (exact) mass is 552 g/mol. The van der Waals surface area contributed by atoms with Crippen LogP contribution in [0.5, 0.6) is 11.5 Å². The smallest absolute Gasteiger partial charge is 0.416 e. The fourth-order valence-electron chi connectivity index (χ4n) is 4.09. The van der Waals surface area contributed by atoms with Gasteiger partial charge < -0.3 is 24.7 Å². The van der Waals surface area contributed by atoms with Crippen molar-refractivity contribution in [2.24, 2.45) is 7.05 Å². The molecule has 1 aliphatic rings. The number of fused-ring (bicyclic) bond motifs is 3. The van der Waals surface area contributed by atoms with Gasteiger partial charge in [-0.3, -0.25) is 4.79 Å². The van der Waals surface area contributed by atoms with E-state index in [1.54, 1.807) is 11.6 Å². The summed E-state index contributed by atoms with van der Waals surface area (Å²) in [6.07, 6.45) is -4.74. The van der Waals surface area contributed by atoms with Gasteiger partial charge in [0.05, 0.1) is 27.4 Å². The lowest BCUT2D eigenvalue weighted by atomic mass is 10.1. The summed E-state index contributed by atoms with van der Waals surface area (Å²) in [5.41, 5.74) is -0.490. The number of hydrogen-bond donors (Lipinski definition) is 2. The molecule has 0 radical (unpaired) electrons. The molecule has 0 unspecified atom stereocenters. The first-order valence-electron chi connectivity index (χ1n) is 11.2. The minimum atomic E-state index is -4.74. The Kier molecular flexibility index (Phi) is 6.51. The molecule has 38 heavy (non-hydrogen) atoms. The standard InChI is InChI=1S/C25H18ClF5N4O3/c1-35-20-18(33-24(35)34-19-16(26)3-2-4-17(19)28)10-15(21-22(20)38-6-5-37-21)23(36)32-11-12-7-13(25(29,30)31)9-14(27)8-12/h2-4,7-10H,5-6,11H2,1H3,(H,32,36)(H,33,34). The maximum absolute atomic E-state index is 14.3. The normalized spacial score (nSPS) is 13.0. The lowest BCUT2D eigenvalue weighted by molar-refractivity contribution is -0.137. The minimum absolute atomic E-state index is 0.00453. The van der Waals surface area contributed by atoms with Gasteiger partial charge in [0.25, 0.3) is 5.91 Å². The van der Waals surface area contributed by atoms with Crippen molar-refractivity contribution in [3.05, 3.63) is 75.8 Å². The number of ether oxygens (including phenoxy) is 2. The third kappa shape index (κ3) is 4.78. The number of amides is 1. The van der Waals surface area contributed by atoms with E-state index in [-0.39, 0.29) is 59.0 Å². The SMILES string of the molecule is Cn1c(Nc2c(F)cccc2Cl)nc2cc(C(=O)NCc3cc(F)cc(C(F)(F)F)c3)c3c(c21)OCCO3. The van der Waals surface area contributed by atoms with Gasteiger partial charge in [0.15, 0.2) is 11.5 Å². The molecule has 0 fully saturated rings. The lowest BCUT2D eigenvalue weighted by Crippen LogP contribution is -2.26. The number of aryl methyl sites for hydroxylation is 1. The highest BCUT2D eigenvalue weighted by Gasteiger charge is 2.32.